The number of hydrogen-bond acceptors (Lipinski definition) is 2. The highest BCUT2D eigenvalue weighted by Gasteiger charge is 1.84. The molecule has 0 aliphatic carbocycles. The first-order valence-corrected chi connectivity index (χ1v) is 7.18. The molecule has 0 saturated heterocycles. The number of carboxylic acid groups (broad SMARTS) is 1. The molecule has 110 valence electrons. The van der Waals surface area contributed by atoms with E-state index in [-0.39, 0.29) is 0 Å². The Bertz CT molecular complexity index is 255. The second-order valence-corrected chi connectivity index (χ2v) is 4.30. The van der Waals surface area contributed by atoms with E-state index < -0.39 is 5.97 Å². The largest absolute Gasteiger partial charge is 0.478 e. The highest BCUT2D eigenvalue weighted by molar-refractivity contribution is 5.79. The van der Waals surface area contributed by atoms with Crippen LogP contribution in [0.4, 0.5) is 0 Å². The van der Waals surface area contributed by atoms with Gasteiger partial charge in [0.15, 0.2) is 0 Å². The smallest absolute Gasteiger partial charge is 0.327 e. The predicted octanol–water partition coefficient (Wildman–Crippen LogP) is 4.53. The highest BCUT2D eigenvalue weighted by atomic mass is 16.4. The lowest BCUT2D eigenvalue weighted by Crippen LogP contribution is -1.85. The Hall–Kier alpha value is -1.38. The SMILES string of the molecule is CCCCC/C=C/C(=O)O.CCCCC/C=C/C=O. The number of carbonyl (C=O) groups excluding carboxylic acids is 1. The van der Waals surface area contributed by atoms with Gasteiger partial charge in [0.25, 0.3) is 0 Å². The van der Waals surface area contributed by atoms with Crippen LogP contribution in [0.25, 0.3) is 0 Å². The van der Waals surface area contributed by atoms with Crippen LogP contribution in [-0.2, 0) is 9.59 Å². The molecule has 0 spiro atoms. The first kappa shape index (κ1) is 19.9. The summed E-state index contributed by atoms with van der Waals surface area (Å²) in [6, 6.07) is 0. The van der Waals surface area contributed by atoms with E-state index in [4.69, 9.17) is 5.11 Å². The van der Waals surface area contributed by atoms with Crippen molar-refractivity contribution in [2.75, 3.05) is 0 Å². The Morgan fingerprint density at radius 1 is 0.947 bits per heavy atom. The Morgan fingerprint density at radius 2 is 1.47 bits per heavy atom. The summed E-state index contributed by atoms with van der Waals surface area (Å²) in [6.07, 6.45) is 16.3. The lowest BCUT2D eigenvalue weighted by molar-refractivity contribution is -0.131. The van der Waals surface area contributed by atoms with Crippen LogP contribution in [0, 0.1) is 0 Å². The van der Waals surface area contributed by atoms with Crippen LogP contribution < -0.4 is 0 Å². The molecular weight excluding hydrogens is 240 g/mol. The molecule has 3 heteroatoms. The highest BCUT2D eigenvalue weighted by Crippen LogP contribution is 1.99. The fraction of sp³-hybridized carbons (Fsp3) is 0.625. The van der Waals surface area contributed by atoms with E-state index in [1.54, 1.807) is 12.2 Å². The van der Waals surface area contributed by atoms with E-state index in [1.165, 1.54) is 38.2 Å². The van der Waals surface area contributed by atoms with Gasteiger partial charge in [0.1, 0.15) is 6.29 Å². The van der Waals surface area contributed by atoms with Gasteiger partial charge < -0.3 is 5.11 Å². The predicted molar refractivity (Wildman–Crippen MR) is 80.3 cm³/mol. The monoisotopic (exact) mass is 268 g/mol. The minimum Gasteiger partial charge on any atom is -0.478 e. The zero-order valence-electron chi connectivity index (χ0n) is 12.3. The van der Waals surface area contributed by atoms with Gasteiger partial charge in [-0.3, -0.25) is 4.79 Å². The zero-order chi connectivity index (χ0) is 14.8. The molecule has 0 rings (SSSR count). The van der Waals surface area contributed by atoms with Gasteiger partial charge in [-0.15, -0.1) is 0 Å². The maximum absolute atomic E-state index is 9.95. The average molecular weight is 268 g/mol. The molecule has 19 heavy (non-hydrogen) atoms. The lowest BCUT2D eigenvalue weighted by atomic mass is 10.2. The third kappa shape index (κ3) is 26.3. The van der Waals surface area contributed by atoms with Gasteiger partial charge in [0.2, 0.25) is 0 Å². The molecule has 0 saturated carbocycles. The van der Waals surface area contributed by atoms with Gasteiger partial charge in [-0.05, 0) is 31.8 Å². The molecular formula is C16H28O3. The Morgan fingerprint density at radius 3 is 1.89 bits per heavy atom. The van der Waals surface area contributed by atoms with E-state index in [9.17, 15) is 9.59 Å². The second kappa shape index (κ2) is 19.0. The van der Waals surface area contributed by atoms with E-state index in [2.05, 4.69) is 13.8 Å². The molecule has 0 unspecified atom stereocenters. The van der Waals surface area contributed by atoms with Crippen LogP contribution in [0.2, 0.25) is 0 Å². The number of hydrogen-bond donors (Lipinski definition) is 1. The van der Waals surface area contributed by atoms with E-state index in [1.807, 2.05) is 6.08 Å². The van der Waals surface area contributed by atoms with Crippen molar-refractivity contribution < 1.29 is 14.7 Å². The summed E-state index contributed by atoms with van der Waals surface area (Å²) in [7, 11) is 0. The number of allylic oxidation sites excluding steroid dienone is 3. The molecule has 0 radical (unpaired) electrons. The van der Waals surface area contributed by atoms with Gasteiger partial charge in [0, 0.05) is 6.08 Å². The maximum atomic E-state index is 9.95. The van der Waals surface area contributed by atoms with Crippen molar-refractivity contribution in [2.45, 2.75) is 65.2 Å². The molecule has 3 nitrogen and oxygen atoms in total. The summed E-state index contributed by atoms with van der Waals surface area (Å²) < 4.78 is 0. The maximum Gasteiger partial charge on any atom is 0.327 e. The second-order valence-electron chi connectivity index (χ2n) is 4.30. The molecule has 0 aromatic heterocycles. The van der Waals surface area contributed by atoms with E-state index in [0.29, 0.717) is 0 Å². The summed E-state index contributed by atoms with van der Waals surface area (Å²) in [4.78, 5) is 19.7. The molecule has 0 fully saturated rings. The van der Waals surface area contributed by atoms with Crippen LogP contribution >= 0.6 is 0 Å². The summed E-state index contributed by atoms with van der Waals surface area (Å²) in [5.41, 5.74) is 0. The third-order valence-electron chi connectivity index (χ3n) is 2.42. The van der Waals surface area contributed by atoms with Crippen molar-refractivity contribution in [3.63, 3.8) is 0 Å². The van der Waals surface area contributed by atoms with Gasteiger partial charge >= 0.3 is 5.97 Å². The molecule has 0 aliphatic rings. The van der Waals surface area contributed by atoms with Gasteiger partial charge in [-0.25, -0.2) is 4.79 Å². The zero-order valence-corrected chi connectivity index (χ0v) is 12.3. The normalized spacial score (nSPS) is 10.4. The molecule has 0 amide bonds. The van der Waals surface area contributed by atoms with Gasteiger partial charge in [0.05, 0.1) is 0 Å². The van der Waals surface area contributed by atoms with Gasteiger partial charge in [-0.2, -0.15) is 0 Å². The first-order valence-electron chi connectivity index (χ1n) is 7.18. The molecule has 0 atom stereocenters. The van der Waals surface area contributed by atoms with Crippen molar-refractivity contribution in [1.82, 2.24) is 0 Å². The average Bonchev–Trinajstić information content (AvgIpc) is 2.39. The van der Waals surface area contributed by atoms with Crippen molar-refractivity contribution in [2.24, 2.45) is 0 Å². The van der Waals surface area contributed by atoms with Crippen LogP contribution in [0.5, 0.6) is 0 Å². The quantitative estimate of drug-likeness (QED) is 0.360. The van der Waals surface area contributed by atoms with Crippen LogP contribution in [0.1, 0.15) is 65.2 Å². The molecule has 0 aromatic rings. The van der Waals surface area contributed by atoms with Crippen LogP contribution in [0.15, 0.2) is 24.3 Å². The summed E-state index contributed by atoms with van der Waals surface area (Å²) >= 11 is 0. The van der Waals surface area contributed by atoms with Gasteiger partial charge in [-0.1, -0.05) is 51.7 Å². The molecule has 0 heterocycles. The molecule has 0 aromatic carbocycles. The molecule has 0 aliphatic heterocycles. The van der Waals surface area contributed by atoms with Crippen molar-refractivity contribution in [1.29, 1.82) is 0 Å². The molecule has 0 bridgehead atoms. The Labute approximate surface area is 117 Å². The summed E-state index contributed by atoms with van der Waals surface area (Å²) in [6.45, 7) is 4.30. The topological polar surface area (TPSA) is 54.4 Å². The van der Waals surface area contributed by atoms with E-state index in [0.717, 1.165) is 25.5 Å². The first-order chi connectivity index (χ1) is 9.18. The standard InChI is InChI=1S/C8H14O2.C8H14O/c1-2-3-4-5-6-7-8(9)10;1-2-3-4-5-6-7-8-9/h6-7H,2-5H2,1H3,(H,9,10);6-8H,2-5H2,1H3/b2*7-6+. The Balaban J connectivity index is 0. The third-order valence-corrected chi connectivity index (χ3v) is 2.42. The van der Waals surface area contributed by atoms with Crippen molar-refractivity contribution in [3.8, 4) is 0 Å². The minimum absolute atomic E-state index is 0.825. The Kier molecular flexibility index (Phi) is 19.9. The number of aldehydes is 1. The fourth-order valence-corrected chi connectivity index (χ4v) is 1.36. The lowest BCUT2D eigenvalue weighted by Gasteiger charge is -1.89. The number of unbranched alkanes of at least 4 members (excludes halogenated alkanes) is 6. The summed E-state index contributed by atoms with van der Waals surface area (Å²) in [5, 5.41) is 8.18. The number of carbonyl (C=O) groups is 2. The number of aliphatic carboxylic acids is 1. The van der Waals surface area contributed by atoms with Crippen LogP contribution in [0.3, 0.4) is 0 Å². The van der Waals surface area contributed by atoms with Crippen LogP contribution in [-0.4, -0.2) is 17.4 Å². The number of rotatable bonds is 10. The minimum atomic E-state index is -0.850. The molecule has 1 N–H and O–H groups in total. The fourth-order valence-electron chi connectivity index (χ4n) is 1.36. The van der Waals surface area contributed by atoms with E-state index >= 15 is 0 Å². The van der Waals surface area contributed by atoms with Crippen molar-refractivity contribution in [3.05, 3.63) is 24.3 Å². The van der Waals surface area contributed by atoms with Crippen molar-refractivity contribution >= 4 is 12.3 Å². The summed E-state index contributed by atoms with van der Waals surface area (Å²) in [5.74, 6) is -0.850. The number of carboxylic acids is 1.